The summed E-state index contributed by atoms with van der Waals surface area (Å²) in [6.45, 7) is 0.888. The number of nitrogens with one attached hydrogen (secondary N) is 1. The summed E-state index contributed by atoms with van der Waals surface area (Å²) < 4.78 is 12.4. The van der Waals surface area contributed by atoms with Gasteiger partial charge in [-0.2, -0.15) is 0 Å². The Balaban J connectivity index is 1.84. The molecule has 16 heavy (non-hydrogen) atoms. The Morgan fingerprint density at radius 2 is 2.00 bits per heavy atom. The maximum atomic E-state index is 11.2. The van der Waals surface area contributed by atoms with E-state index in [0.29, 0.717) is 6.04 Å². The Bertz CT molecular complexity index is 373. The van der Waals surface area contributed by atoms with Gasteiger partial charge in [0.2, 0.25) is 0 Å². The third-order valence-electron chi connectivity index (χ3n) is 2.93. The van der Waals surface area contributed by atoms with E-state index in [2.05, 4.69) is 39.4 Å². The van der Waals surface area contributed by atoms with E-state index < -0.39 is 10.8 Å². The van der Waals surface area contributed by atoms with Gasteiger partial charge in [0, 0.05) is 39.4 Å². The number of hydrogen-bond acceptors (Lipinski definition) is 2. The molecule has 0 unspecified atom stereocenters. The normalized spacial score (nSPS) is 25.6. The van der Waals surface area contributed by atoms with Gasteiger partial charge in [0.1, 0.15) is 0 Å². The zero-order chi connectivity index (χ0) is 11.4. The van der Waals surface area contributed by atoms with E-state index in [-0.39, 0.29) is 0 Å². The van der Waals surface area contributed by atoms with E-state index in [1.807, 2.05) is 6.07 Å². The van der Waals surface area contributed by atoms with Gasteiger partial charge in [-0.25, -0.2) is 0 Å². The molecule has 2 nitrogen and oxygen atoms in total. The highest BCUT2D eigenvalue weighted by molar-refractivity contribution is 9.10. The van der Waals surface area contributed by atoms with Crippen LogP contribution in [0, 0.1) is 0 Å². The molecule has 1 saturated heterocycles. The Hall–Kier alpha value is -0.190. The highest BCUT2D eigenvalue weighted by Crippen LogP contribution is 2.16. The fraction of sp³-hybridized carbons (Fsp3) is 0.500. The van der Waals surface area contributed by atoms with Crippen LogP contribution in [-0.4, -0.2) is 21.8 Å². The average molecular weight is 302 g/mol. The standard InChI is InChI=1S/C12H16BrNOS/c13-12-4-2-1-3-10(12)9-14-11-5-7-16(15)8-6-11/h1-4,11,14H,5-9H2. The van der Waals surface area contributed by atoms with Crippen molar-refractivity contribution in [2.24, 2.45) is 0 Å². The minimum Gasteiger partial charge on any atom is -0.310 e. The summed E-state index contributed by atoms with van der Waals surface area (Å²) in [5.41, 5.74) is 1.29. The summed E-state index contributed by atoms with van der Waals surface area (Å²) in [5, 5.41) is 3.53. The van der Waals surface area contributed by atoms with Crippen LogP contribution in [0.4, 0.5) is 0 Å². The van der Waals surface area contributed by atoms with Gasteiger partial charge in [0.15, 0.2) is 0 Å². The third-order valence-corrected chi connectivity index (χ3v) is 5.08. The third kappa shape index (κ3) is 3.40. The summed E-state index contributed by atoms with van der Waals surface area (Å²) in [7, 11) is -0.563. The zero-order valence-corrected chi connectivity index (χ0v) is 11.5. The van der Waals surface area contributed by atoms with E-state index >= 15 is 0 Å². The van der Waals surface area contributed by atoms with Crippen molar-refractivity contribution < 1.29 is 4.21 Å². The van der Waals surface area contributed by atoms with Gasteiger partial charge < -0.3 is 5.32 Å². The second-order valence-corrected chi connectivity index (χ2v) is 6.65. The summed E-state index contributed by atoms with van der Waals surface area (Å²) in [5.74, 6) is 1.71. The lowest BCUT2D eigenvalue weighted by molar-refractivity contribution is 0.475. The Kier molecular flexibility index (Phi) is 4.55. The van der Waals surface area contributed by atoms with Gasteiger partial charge in [0.25, 0.3) is 0 Å². The molecule has 0 bridgehead atoms. The topological polar surface area (TPSA) is 29.1 Å². The van der Waals surface area contributed by atoms with Gasteiger partial charge in [-0.05, 0) is 24.5 Å². The predicted molar refractivity (Wildman–Crippen MR) is 71.9 cm³/mol. The molecule has 4 heteroatoms. The van der Waals surface area contributed by atoms with Crippen molar-refractivity contribution in [3.05, 3.63) is 34.3 Å². The van der Waals surface area contributed by atoms with Crippen molar-refractivity contribution in [1.82, 2.24) is 5.32 Å². The molecule has 1 aliphatic rings. The maximum absolute atomic E-state index is 11.2. The maximum Gasteiger partial charge on any atom is 0.0249 e. The molecule has 0 spiro atoms. The van der Waals surface area contributed by atoms with Gasteiger partial charge in [-0.15, -0.1) is 0 Å². The summed E-state index contributed by atoms with van der Waals surface area (Å²) in [6.07, 6.45) is 2.08. The Morgan fingerprint density at radius 3 is 2.69 bits per heavy atom. The largest absolute Gasteiger partial charge is 0.310 e. The van der Waals surface area contributed by atoms with Crippen molar-refractivity contribution in [2.45, 2.75) is 25.4 Å². The van der Waals surface area contributed by atoms with Crippen LogP contribution in [0.1, 0.15) is 18.4 Å². The first-order valence-corrected chi connectivity index (χ1v) is 7.85. The van der Waals surface area contributed by atoms with Gasteiger partial charge >= 0.3 is 0 Å². The number of rotatable bonds is 3. The second-order valence-electron chi connectivity index (χ2n) is 4.09. The summed E-state index contributed by atoms with van der Waals surface area (Å²) >= 11 is 3.54. The number of benzene rings is 1. The number of halogens is 1. The van der Waals surface area contributed by atoms with Crippen molar-refractivity contribution >= 4 is 26.7 Å². The van der Waals surface area contributed by atoms with Crippen LogP contribution in [0.5, 0.6) is 0 Å². The monoisotopic (exact) mass is 301 g/mol. The molecule has 1 heterocycles. The fourth-order valence-corrected chi connectivity index (χ4v) is 3.62. The minimum atomic E-state index is -0.563. The van der Waals surface area contributed by atoms with E-state index in [1.165, 1.54) is 5.56 Å². The molecule has 1 fully saturated rings. The first kappa shape index (κ1) is 12.3. The lowest BCUT2D eigenvalue weighted by atomic mass is 10.1. The minimum absolute atomic E-state index is 0.532. The van der Waals surface area contributed by atoms with E-state index in [0.717, 1.165) is 35.4 Å². The van der Waals surface area contributed by atoms with Crippen LogP contribution < -0.4 is 5.32 Å². The van der Waals surface area contributed by atoms with E-state index in [1.54, 1.807) is 0 Å². The molecule has 0 amide bonds. The highest BCUT2D eigenvalue weighted by Gasteiger charge is 2.17. The second kappa shape index (κ2) is 5.94. The van der Waals surface area contributed by atoms with Crippen LogP contribution in [0.25, 0.3) is 0 Å². The molecule has 0 atom stereocenters. The van der Waals surface area contributed by atoms with Crippen LogP contribution in [0.3, 0.4) is 0 Å². The molecule has 0 aromatic heterocycles. The predicted octanol–water partition coefficient (Wildman–Crippen LogP) is 2.45. The molecule has 1 aromatic carbocycles. The molecule has 88 valence electrons. The van der Waals surface area contributed by atoms with Gasteiger partial charge in [-0.3, -0.25) is 4.21 Å². The summed E-state index contributed by atoms with van der Waals surface area (Å²) in [6, 6.07) is 8.80. The highest BCUT2D eigenvalue weighted by atomic mass is 79.9. The van der Waals surface area contributed by atoms with Crippen molar-refractivity contribution in [3.63, 3.8) is 0 Å². The van der Waals surface area contributed by atoms with Crippen LogP contribution in [-0.2, 0) is 17.3 Å². The van der Waals surface area contributed by atoms with Crippen LogP contribution in [0.2, 0.25) is 0 Å². The molecular formula is C12H16BrNOS. The molecule has 0 aliphatic carbocycles. The Labute approximate surface area is 107 Å². The average Bonchev–Trinajstić information content (AvgIpc) is 2.30. The number of hydrogen-bond donors (Lipinski definition) is 1. The molecule has 1 aliphatic heterocycles. The molecule has 1 N–H and O–H groups in total. The van der Waals surface area contributed by atoms with Gasteiger partial charge in [-0.1, -0.05) is 34.1 Å². The fourth-order valence-electron chi connectivity index (χ4n) is 1.89. The first-order chi connectivity index (χ1) is 7.75. The van der Waals surface area contributed by atoms with Crippen LogP contribution in [0.15, 0.2) is 28.7 Å². The van der Waals surface area contributed by atoms with Crippen LogP contribution >= 0.6 is 15.9 Å². The Morgan fingerprint density at radius 1 is 1.31 bits per heavy atom. The van der Waals surface area contributed by atoms with Crippen molar-refractivity contribution in [1.29, 1.82) is 0 Å². The molecule has 2 rings (SSSR count). The van der Waals surface area contributed by atoms with Crippen molar-refractivity contribution in [3.8, 4) is 0 Å². The molecule has 0 saturated carbocycles. The summed E-state index contributed by atoms with van der Waals surface area (Å²) in [4.78, 5) is 0. The first-order valence-electron chi connectivity index (χ1n) is 5.57. The van der Waals surface area contributed by atoms with E-state index in [9.17, 15) is 4.21 Å². The molecule has 1 aromatic rings. The molecular weight excluding hydrogens is 286 g/mol. The van der Waals surface area contributed by atoms with E-state index in [4.69, 9.17) is 0 Å². The lowest BCUT2D eigenvalue weighted by Crippen LogP contribution is -2.35. The van der Waals surface area contributed by atoms with Crippen molar-refractivity contribution in [2.75, 3.05) is 11.5 Å². The molecule has 0 radical (unpaired) electrons. The SMILES string of the molecule is O=S1CCC(NCc2ccccc2Br)CC1. The zero-order valence-electron chi connectivity index (χ0n) is 9.12. The van der Waals surface area contributed by atoms with Gasteiger partial charge in [0.05, 0.1) is 0 Å². The lowest BCUT2D eigenvalue weighted by Gasteiger charge is -2.22. The smallest absolute Gasteiger partial charge is 0.0249 e. The quantitative estimate of drug-likeness (QED) is 0.929.